The van der Waals surface area contributed by atoms with Gasteiger partial charge in [0.05, 0.1) is 20.3 Å². The Morgan fingerprint density at radius 3 is 2.90 bits per heavy atom. The SMILES string of the molecule is COc1ccc(CN2C[C@H]3COC[C@@H]2CN(C)C3)c(F)c1. The van der Waals surface area contributed by atoms with E-state index in [0.29, 0.717) is 24.3 Å². The quantitative estimate of drug-likeness (QED) is 0.845. The second-order valence-corrected chi connectivity index (χ2v) is 6.17. The van der Waals surface area contributed by atoms with E-state index in [1.165, 1.54) is 6.07 Å². The molecule has 1 aromatic rings. The molecule has 2 atom stereocenters. The first-order valence-electron chi connectivity index (χ1n) is 7.48. The smallest absolute Gasteiger partial charge is 0.131 e. The van der Waals surface area contributed by atoms with E-state index in [-0.39, 0.29) is 5.82 Å². The normalized spacial score (nSPS) is 27.4. The van der Waals surface area contributed by atoms with E-state index < -0.39 is 0 Å². The molecule has 2 saturated heterocycles. The van der Waals surface area contributed by atoms with E-state index in [1.54, 1.807) is 7.11 Å². The van der Waals surface area contributed by atoms with Crippen molar-refractivity contribution in [3.8, 4) is 5.75 Å². The molecule has 0 unspecified atom stereocenters. The lowest BCUT2D eigenvalue weighted by atomic mass is 10.1. The van der Waals surface area contributed by atoms with Crippen molar-refractivity contribution < 1.29 is 13.9 Å². The van der Waals surface area contributed by atoms with Crippen molar-refractivity contribution in [3.05, 3.63) is 29.6 Å². The Morgan fingerprint density at radius 1 is 1.29 bits per heavy atom. The average Bonchev–Trinajstić information content (AvgIpc) is 2.70. The van der Waals surface area contributed by atoms with E-state index in [2.05, 4.69) is 16.8 Å². The highest BCUT2D eigenvalue weighted by Crippen LogP contribution is 2.23. The van der Waals surface area contributed by atoms with Gasteiger partial charge in [-0.3, -0.25) is 4.90 Å². The molecule has 1 aromatic carbocycles. The minimum absolute atomic E-state index is 0.192. The van der Waals surface area contributed by atoms with Gasteiger partial charge in [0.25, 0.3) is 0 Å². The Balaban J connectivity index is 1.77. The summed E-state index contributed by atoms with van der Waals surface area (Å²) in [4.78, 5) is 4.73. The monoisotopic (exact) mass is 294 g/mol. The Hall–Kier alpha value is -1.17. The van der Waals surface area contributed by atoms with Gasteiger partial charge in [0.1, 0.15) is 11.6 Å². The van der Waals surface area contributed by atoms with Crippen molar-refractivity contribution in [2.24, 2.45) is 5.92 Å². The Bertz CT molecular complexity index is 497. The number of likely N-dealkylation sites (N-methyl/N-ethyl adjacent to an activating group) is 1. The van der Waals surface area contributed by atoms with E-state index in [1.807, 2.05) is 12.1 Å². The van der Waals surface area contributed by atoms with Gasteiger partial charge in [-0.05, 0) is 13.1 Å². The number of hydrogen-bond donors (Lipinski definition) is 0. The van der Waals surface area contributed by atoms with E-state index in [0.717, 1.165) is 38.4 Å². The molecule has 0 aromatic heterocycles. The van der Waals surface area contributed by atoms with Crippen molar-refractivity contribution in [1.29, 1.82) is 0 Å². The molecule has 0 spiro atoms. The molecule has 3 rings (SSSR count). The molecule has 2 fully saturated rings. The zero-order valence-corrected chi connectivity index (χ0v) is 12.7. The van der Waals surface area contributed by atoms with Gasteiger partial charge < -0.3 is 14.4 Å². The van der Waals surface area contributed by atoms with Crippen LogP contribution in [0.25, 0.3) is 0 Å². The molecule has 5 heteroatoms. The minimum atomic E-state index is -0.192. The van der Waals surface area contributed by atoms with Gasteiger partial charge in [-0.1, -0.05) is 6.07 Å². The summed E-state index contributed by atoms with van der Waals surface area (Å²) < 4.78 is 25.0. The molecule has 2 aliphatic heterocycles. The van der Waals surface area contributed by atoms with Crippen LogP contribution >= 0.6 is 0 Å². The van der Waals surface area contributed by atoms with Crippen LogP contribution in [0.1, 0.15) is 5.56 Å². The topological polar surface area (TPSA) is 24.9 Å². The van der Waals surface area contributed by atoms with Crippen molar-refractivity contribution in [1.82, 2.24) is 9.80 Å². The number of methoxy groups -OCH3 is 1. The summed E-state index contributed by atoms with van der Waals surface area (Å²) in [5.74, 6) is 0.875. The maximum absolute atomic E-state index is 14.2. The predicted octanol–water partition coefficient (Wildman–Crippen LogP) is 1.60. The maximum Gasteiger partial charge on any atom is 0.131 e. The Labute approximate surface area is 125 Å². The summed E-state index contributed by atoms with van der Waals surface area (Å²) in [5, 5.41) is 0. The fourth-order valence-corrected chi connectivity index (χ4v) is 3.36. The molecule has 21 heavy (non-hydrogen) atoms. The maximum atomic E-state index is 14.2. The van der Waals surface area contributed by atoms with E-state index >= 15 is 0 Å². The lowest BCUT2D eigenvalue weighted by Gasteiger charge is -2.29. The standard InChI is InChI=1S/C16H23FN2O2/c1-18-6-12-7-19(14(9-18)11-21-10-12)8-13-3-4-15(20-2)5-16(13)17/h3-5,12,14H,6-11H2,1-2H3/t12-,14-/m0/s1. The molecular formula is C16H23FN2O2. The summed E-state index contributed by atoms with van der Waals surface area (Å²) in [6.45, 7) is 5.18. The molecular weight excluding hydrogens is 271 g/mol. The third-order valence-corrected chi connectivity index (χ3v) is 4.40. The first kappa shape index (κ1) is 14.8. The molecule has 2 bridgehead atoms. The molecule has 2 aliphatic rings. The summed E-state index contributed by atoms with van der Waals surface area (Å²) in [6.07, 6.45) is 0. The number of ether oxygens (including phenoxy) is 2. The van der Waals surface area contributed by atoms with Gasteiger partial charge in [-0.15, -0.1) is 0 Å². The first-order chi connectivity index (χ1) is 10.2. The largest absolute Gasteiger partial charge is 0.497 e. The number of benzene rings is 1. The minimum Gasteiger partial charge on any atom is -0.497 e. The van der Waals surface area contributed by atoms with Crippen LogP contribution in [0.4, 0.5) is 4.39 Å². The first-order valence-corrected chi connectivity index (χ1v) is 7.48. The highest BCUT2D eigenvalue weighted by Gasteiger charge is 2.32. The highest BCUT2D eigenvalue weighted by molar-refractivity contribution is 5.29. The fraction of sp³-hybridized carbons (Fsp3) is 0.625. The van der Waals surface area contributed by atoms with Gasteiger partial charge >= 0.3 is 0 Å². The van der Waals surface area contributed by atoms with Gasteiger partial charge in [0.2, 0.25) is 0 Å². The Morgan fingerprint density at radius 2 is 2.14 bits per heavy atom. The van der Waals surface area contributed by atoms with Crippen molar-refractivity contribution in [2.75, 3.05) is 47.0 Å². The zero-order valence-electron chi connectivity index (χ0n) is 12.7. The molecule has 2 heterocycles. The van der Waals surface area contributed by atoms with Crippen molar-refractivity contribution >= 4 is 0 Å². The van der Waals surface area contributed by atoms with E-state index in [9.17, 15) is 4.39 Å². The number of rotatable bonds is 3. The van der Waals surface area contributed by atoms with Crippen LogP contribution in [0.15, 0.2) is 18.2 Å². The molecule has 0 N–H and O–H groups in total. The van der Waals surface area contributed by atoms with Gasteiger partial charge in [0.15, 0.2) is 0 Å². The van der Waals surface area contributed by atoms with Gasteiger partial charge in [-0.2, -0.15) is 0 Å². The fourth-order valence-electron chi connectivity index (χ4n) is 3.36. The second-order valence-electron chi connectivity index (χ2n) is 6.17. The molecule has 4 nitrogen and oxygen atoms in total. The predicted molar refractivity (Wildman–Crippen MR) is 79.0 cm³/mol. The number of hydrogen-bond acceptors (Lipinski definition) is 4. The summed E-state index contributed by atoms with van der Waals surface area (Å²) in [6, 6.07) is 5.45. The van der Waals surface area contributed by atoms with Crippen molar-refractivity contribution in [2.45, 2.75) is 12.6 Å². The zero-order chi connectivity index (χ0) is 14.8. The lowest BCUT2D eigenvalue weighted by molar-refractivity contribution is 0.0560. The van der Waals surface area contributed by atoms with Crippen LogP contribution in [0.5, 0.6) is 5.75 Å². The van der Waals surface area contributed by atoms with Crippen LogP contribution in [0, 0.1) is 11.7 Å². The molecule has 0 amide bonds. The third-order valence-electron chi connectivity index (χ3n) is 4.40. The van der Waals surface area contributed by atoms with Crippen LogP contribution < -0.4 is 4.74 Å². The van der Waals surface area contributed by atoms with E-state index in [4.69, 9.17) is 9.47 Å². The highest BCUT2D eigenvalue weighted by atomic mass is 19.1. The van der Waals surface area contributed by atoms with Crippen LogP contribution in [-0.4, -0.2) is 62.8 Å². The summed E-state index contributed by atoms with van der Waals surface area (Å²) in [7, 11) is 3.71. The second kappa shape index (κ2) is 6.30. The number of nitrogens with zero attached hydrogens (tertiary/aromatic N) is 2. The Kier molecular flexibility index (Phi) is 4.42. The van der Waals surface area contributed by atoms with Gasteiger partial charge in [0, 0.05) is 49.8 Å². The lowest BCUT2D eigenvalue weighted by Crippen LogP contribution is -2.42. The molecule has 0 radical (unpaired) electrons. The van der Waals surface area contributed by atoms with Crippen LogP contribution in [0.2, 0.25) is 0 Å². The molecule has 116 valence electrons. The summed E-state index contributed by atoms with van der Waals surface area (Å²) in [5.41, 5.74) is 0.728. The van der Waals surface area contributed by atoms with Crippen LogP contribution in [0.3, 0.4) is 0 Å². The van der Waals surface area contributed by atoms with Crippen molar-refractivity contribution in [3.63, 3.8) is 0 Å². The van der Waals surface area contributed by atoms with Crippen LogP contribution in [-0.2, 0) is 11.3 Å². The number of halogens is 1. The van der Waals surface area contributed by atoms with Gasteiger partial charge in [-0.25, -0.2) is 4.39 Å². The third kappa shape index (κ3) is 3.36. The summed E-state index contributed by atoms with van der Waals surface area (Å²) >= 11 is 0. The molecule has 0 aliphatic carbocycles. The molecule has 0 saturated carbocycles. The number of fused-ring (bicyclic) bond motifs is 3. The average molecular weight is 294 g/mol.